The highest BCUT2D eigenvalue weighted by molar-refractivity contribution is 7.55. The molecule has 3 nitrogen and oxygen atoms in total. The van der Waals surface area contributed by atoms with Crippen molar-refractivity contribution >= 4 is 7.60 Å². The van der Waals surface area contributed by atoms with Crippen LogP contribution in [-0.2, 0) is 13.6 Å². The van der Waals surface area contributed by atoms with Crippen LogP contribution in [0.25, 0.3) is 0 Å². The molecule has 0 radical (unpaired) electrons. The molecular formula is C8H19O3P. The number of hydrogen-bond acceptors (Lipinski definition) is 3. The third-order valence-corrected chi connectivity index (χ3v) is 4.26. The second-order valence-electron chi connectivity index (χ2n) is 3.50. The lowest BCUT2D eigenvalue weighted by Gasteiger charge is -2.28. The summed E-state index contributed by atoms with van der Waals surface area (Å²) in [5.41, 5.74) is 0. The molecule has 0 unspecified atom stereocenters. The van der Waals surface area contributed by atoms with Gasteiger partial charge in [0.05, 0.1) is 18.4 Å². The quantitative estimate of drug-likeness (QED) is 0.645. The molecule has 0 aliphatic carbocycles. The summed E-state index contributed by atoms with van der Waals surface area (Å²) < 4.78 is 22.3. The molecule has 12 heavy (non-hydrogen) atoms. The Morgan fingerprint density at radius 3 is 1.58 bits per heavy atom. The minimum absolute atomic E-state index is 0.425. The summed E-state index contributed by atoms with van der Waals surface area (Å²) in [6.45, 7) is 10.1. The molecule has 0 spiro atoms. The van der Waals surface area contributed by atoms with E-state index >= 15 is 0 Å². The van der Waals surface area contributed by atoms with Crippen LogP contribution in [0, 0.1) is 0 Å². The summed E-state index contributed by atoms with van der Waals surface area (Å²) in [7, 11) is -2.90. The van der Waals surface area contributed by atoms with Gasteiger partial charge in [0.15, 0.2) is 0 Å². The summed E-state index contributed by atoms with van der Waals surface area (Å²) in [4.78, 5) is 0. The first-order valence-corrected chi connectivity index (χ1v) is 5.81. The lowest BCUT2D eigenvalue weighted by atomic mass is 10.3. The van der Waals surface area contributed by atoms with Crippen LogP contribution in [0.1, 0.15) is 34.6 Å². The minimum Gasteiger partial charge on any atom is -0.309 e. The smallest absolute Gasteiger partial charge is 0.309 e. The molecule has 0 aromatic rings. The fourth-order valence-corrected chi connectivity index (χ4v) is 2.29. The van der Waals surface area contributed by atoms with Gasteiger partial charge in [-0.3, -0.25) is 4.57 Å². The molecule has 0 saturated heterocycles. The molecule has 0 saturated carbocycles. The van der Waals surface area contributed by atoms with Crippen LogP contribution in [0.2, 0.25) is 0 Å². The van der Waals surface area contributed by atoms with Crippen molar-refractivity contribution in [3.05, 3.63) is 0 Å². The van der Waals surface area contributed by atoms with Gasteiger partial charge in [-0.1, -0.05) is 0 Å². The Morgan fingerprint density at radius 1 is 1.08 bits per heavy atom. The fourth-order valence-electron chi connectivity index (χ4n) is 0.764. The van der Waals surface area contributed by atoms with Crippen LogP contribution in [0.4, 0.5) is 0 Å². The SMILES string of the molecule is CCOP(=O)(OCC)C(C)(C)C. The first kappa shape index (κ1) is 12.2. The zero-order chi connectivity index (χ0) is 9.83. The molecular weight excluding hydrogens is 175 g/mol. The van der Waals surface area contributed by atoms with Crippen molar-refractivity contribution in [1.82, 2.24) is 0 Å². The summed E-state index contributed by atoms with van der Waals surface area (Å²) >= 11 is 0. The van der Waals surface area contributed by atoms with E-state index < -0.39 is 12.8 Å². The van der Waals surface area contributed by atoms with Crippen LogP contribution in [0.15, 0.2) is 0 Å². The van der Waals surface area contributed by atoms with Gasteiger partial charge in [0.2, 0.25) is 0 Å². The van der Waals surface area contributed by atoms with E-state index in [9.17, 15) is 4.57 Å². The maximum atomic E-state index is 12.0. The standard InChI is InChI=1S/C8H19O3P/c1-6-10-12(9,11-7-2)8(3,4)5/h6-7H2,1-5H3. The average molecular weight is 194 g/mol. The largest absolute Gasteiger partial charge is 0.335 e. The second kappa shape index (κ2) is 4.40. The predicted octanol–water partition coefficient (Wildman–Crippen LogP) is 3.05. The Balaban J connectivity index is 4.51. The molecule has 0 N–H and O–H groups in total. The monoisotopic (exact) mass is 194 g/mol. The third kappa shape index (κ3) is 2.89. The molecule has 0 aliphatic rings. The normalized spacial score (nSPS) is 13.4. The highest BCUT2D eigenvalue weighted by Crippen LogP contribution is 2.59. The van der Waals surface area contributed by atoms with Crippen LogP contribution in [0.3, 0.4) is 0 Å². The molecule has 0 atom stereocenters. The molecule has 0 amide bonds. The Kier molecular flexibility index (Phi) is 4.46. The van der Waals surface area contributed by atoms with E-state index in [1.54, 1.807) is 0 Å². The fraction of sp³-hybridized carbons (Fsp3) is 1.00. The highest BCUT2D eigenvalue weighted by atomic mass is 31.2. The molecule has 0 rings (SSSR count). The lowest BCUT2D eigenvalue weighted by Crippen LogP contribution is -2.18. The number of rotatable bonds is 4. The molecule has 0 aromatic carbocycles. The summed E-state index contributed by atoms with van der Waals surface area (Å²) in [5, 5.41) is -0.432. The van der Waals surface area contributed by atoms with Crippen molar-refractivity contribution < 1.29 is 13.6 Å². The van der Waals surface area contributed by atoms with E-state index in [-0.39, 0.29) is 0 Å². The maximum Gasteiger partial charge on any atom is 0.335 e. The van der Waals surface area contributed by atoms with Gasteiger partial charge in [-0.15, -0.1) is 0 Å². The van der Waals surface area contributed by atoms with Gasteiger partial charge >= 0.3 is 7.60 Å². The van der Waals surface area contributed by atoms with Crippen molar-refractivity contribution in [1.29, 1.82) is 0 Å². The first-order chi connectivity index (χ1) is 5.37. The molecule has 0 fully saturated rings. The molecule has 0 aliphatic heterocycles. The predicted molar refractivity (Wildman–Crippen MR) is 50.6 cm³/mol. The summed E-state index contributed by atoms with van der Waals surface area (Å²) in [5.74, 6) is 0. The van der Waals surface area contributed by atoms with Crippen LogP contribution in [0.5, 0.6) is 0 Å². The van der Waals surface area contributed by atoms with Crippen molar-refractivity contribution in [2.45, 2.75) is 39.8 Å². The van der Waals surface area contributed by atoms with Crippen molar-refractivity contribution in [3.8, 4) is 0 Å². The van der Waals surface area contributed by atoms with Gasteiger partial charge in [-0.05, 0) is 34.6 Å². The van der Waals surface area contributed by atoms with E-state index in [1.807, 2.05) is 34.6 Å². The average Bonchev–Trinajstić information content (AvgIpc) is 1.86. The molecule has 0 heterocycles. The van der Waals surface area contributed by atoms with Gasteiger partial charge in [0, 0.05) is 0 Å². The van der Waals surface area contributed by atoms with Crippen LogP contribution >= 0.6 is 7.60 Å². The van der Waals surface area contributed by atoms with Gasteiger partial charge in [-0.25, -0.2) is 0 Å². The minimum atomic E-state index is -2.90. The topological polar surface area (TPSA) is 35.5 Å². The first-order valence-electron chi connectivity index (χ1n) is 4.26. The Bertz CT molecular complexity index is 162. The van der Waals surface area contributed by atoms with Crippen LogP contribution < -0.4 is 0 Å². The van der Waals surface area contributed by atoms with E-state index in [2.05, 4.69) is 0 Å². The highest BCUT2D eigenvalue weighted by Gasteiger charge is 2.38. The Labute approximate surface area is 75.0 Å². The van der Waals surface area contributed by atoms with Crippen molar-refractivity contribution in [3.63, 3.8) is 0 Å². The molecule has 4 heteroatoms. The lowest BCUT2D eigenvalue weighted by molar-refractivity contribution is 0.203. The zero-order valence-electron chi connectivity index (χ0n) is 8.59. The molecule has 74 valence electrons. The zero-order valence-corrected chi connectivity index (χ0v) is 9.48. The summed E-state index contributed by atoms with van der Waals surface area (Å²) in [6, 6.07) is 0. The van der Waals surface area contributed by atoms with Gasteiger partial charge in [0.25, 0.3) is 0 Å². The molecule has 0 bridgehead atoms. The maximum absolute atomic E-state index is 12.0. The van der Waals surface area contributed by atoms with Crippen LogP contribution in [-0.4, -0.2) is 18.4 Å². The van der Waals surface area contributed by atoms with Gasteiger partial charge in [-0.2, -0.15) is 0 Å². The van der Waals surface area contributed by atoms with E-state index in [0.29, 0.717) is 13.2 Å². The van der Waals surface area contributed by atoms with E-state index in [1.165, 1.54) is 0 Å². The Hall–Kier alpha value is 0.150. The molecule has 0 aromatic heterocycles. The van der Waals surface area contributed by atoms with E-state index in [0.717, 1.165) is 0 Å². The van der Waals surface area contributed by atoms with E-state index in [4.69, 9.17) is 9.05 Å². The number of hydrogen-bond donors (Lipinski definition) is 0. The van der Waals surface area contributed by atoms with Crippen molar-refractivity contribution in [2.75, 3.05) is 13.2 Å². The van der Waals surface area contributed by atoms with Crippen molar-refractivity contribution in [2.24, 2.45) is 0 Å². The third-order valence-electron chi connectivity index (χ3n) is 1.42. The summed E-state index contributed by atoms with van der Waals surface area (Å²) in [6.07, 6.45) is 0. The van der Waals surface area contributed by atoms with Gasteiger partial charge in [0.1, 0.15) is 0 Å². The second-order valence-corrected chi connectivity index (χ2v) is 6.36. The Morgan fingerprint density at radius 2 is 1.42 bits per heavy atom. The van der Waals surface area contributed by atoms with Gasteiger partial charge < -0.3 is 9.05 Å².